The molecular weight excluding hydrogens is 420 g/mol. The Morgan fingerprint density at radius 2 is 1.76 bits per heavy atom. The number of nitrogens with zero attached hydrogens (tertiary/aromatic N) is 2. The van der Waals surface area contributed by atoms with E-state index in [1.807, 2.05) is 43.3 Å². The van der Waals surface area contributed by atoms with Crippen molar-refractivity contribution in [2.45, 2.75) is 13.0 Å². The summed E-state index contributed by atoms with van der Waals surface area (Å²) in [6.45, 7) is 1.86. The van der Waals surface area contributed by atoms with Gasteiger partial charge in [0, 0.05) is 17.8 Å². The summed E-state index contributed by atoms with van der Waals surface area (Å²) in [7, 11) is 0. The number of allylic oxidation sites excluding steroid dienone is 1. The average Bonchev–Trinajstić information content (AvgIpc) is 3.09. The maximum atomic E-state index is 13.2. The lowest BCUT2D eigenvalue weighted by Crippen LogP contribution is -2.31. The van der Waals surface area contributed by atoms with Crippen LogP contribution in [0.15, 0.2) is 96.3 Å². The van der Waals surface area contributed by atoms with Gasteiger partial charge >= 0.3 is 0 Å². The van der Waals surface area contributed by atoms with Crippen LogP contribution >= 0.6 is 0 Å². The first kappa shape index (κ1) is 21.7. The second kappa shape index (κ2) is 8.92. The summed E-state index contributed by atoms with van der Waals surface area (Å²) in [4.78, 5) is 38.4. The van der Waals surface area contributed by atoms with Gasteiger partial charge < -0.3 is 5.11 Å². The topological polar surface area (TPSA) is 101 Å². The van der Waals surface area contributed by atoms with Crippen molar-refractivity contribution < 1.29 is 19.6 Å². The van der Waals surface area contributed by atoms with Crippen molar-refractivity contribution in [1.82, 2.24) is 0 Å². The Balaban J connectivity index is 1.83. The molecule has 3 aromatic carbocycles. The van der Waals surface area contributed by atoms with Crippen molar-refractivity contribution in [1.29, 1.82) is 0 Å². The minimum absolute atomic E-state index is 0.130. The first-order chi connectivity index (χ1) is 15.9. The predicted molar refractivity (Wildman–Crippen MR) is 125 cm³/mol. The SMILES string of the molecule is Cc1cccc(N2C(=O)C(O)=C(C(=O)C=Cc3ccccc3)C2c2cccc([N+](=O)[O-])c2)c1. The number of carbonyl (C=O) groups excluding carboxylic acids is 2. The highest BCUT2D eigenvalue weighted by molar-refractivity contribution is 6.19. The molecule has 0 radical (unpaired) electrons. The van der Waals surface area contributed by atoms with Crippen molar-refractivity contribution in [3.8, 4) is 0 Å². The van der Waals surface area contributed by atoms with E-state index >= 15 is 0 Å². The predicted octanol–water partition coefficient (Wildman–Crippen LogP) is 5.09. The van der Waals surface area contributed by atoms with E-state index in [2.05, 4.69) is 0 Å². The summed E-state index contributed by atoms with van der Waals surface area (Å²) < 4.78 is 0. The zero-order valence-corrected chi connectivity index (χ0v) is 17.7. The van der Waals surface area contributed by atoms with Crippen molar-refractivity contribution in [2.24, 2.45) is 0 Å². The molecule has 0 aliphatic carbocycles. The van der Waals surface area contributed by atoms with Crippen LogP contribution in [0.1, 0.15) is 22.7 Å². The van der Waals surface area contributed by atoms with Gasteiger partial charge in [-0.2, -0.15) is 0 Å². The molecule has 1 aliphatic rings. The number of non-ortho nitro benzene ring substituents is 1. The van der Waals surface area contributed by atoms with E-state index in [9.17, 15) is 24.8 Å². The maximum absolute atomic E-state index is 13.2. The number of aryl methyl sites for hydroxylation is 1. The molecule has 4 rings (SSSR count). The molecule has 0 saturated carbocycles. The smallest absolute Gasteiger partial charge is 0.294 e. The number of aliphatic hydroxyl groups excluding tert-OH is 1. The standard InChI is InChI=1S/C26H20N2O5/c1-17-7-5-11-20(15-17)27-24(19-10-6-12-21(16-19)28(32)33)23(25(30)26(27)31)22(29)14-13-18-8-3-2-4-9-18/h2-16,24,30H,1H3. The zero-order chi connectivity index (χ0) is 23.5. The highest BCUT2D eigenvalue weighted by Gasteiger charge is 2.44. The maximum Gasteiger partial charge on any atom is 0.294 e. The highest BCUT2D eigenvalue weighted by atomic mass is 16.6. The van der Waals surface area contributed by atoms with E-state index in [-0.39, 0.29) is 11.3 Å². The first-order valence-electron chi connectivity index (χ1n) is 10.2. The fraction of sp³-hybridized carbons (Fsp3) is 0.0769. The Labute approximate surface area is 190 Å². The average molecular weight is 440 g/mol. The molecule has 1 heterocycles. The van der Waals surface area contributed by atoms with Crippen molar-refractivity contribution >= 4 is 29.1 Å². The van der Waals surface area contributed by atoms with E-state index < -0.39 is 28.4 Å². The van der Waals surface area contributed by atoms with Gasteiger partial charge in [-0.25, -0.2) is 0 Å². The molecule has 0 saturated heterocycles. The van der Waals surface area contributed by atoms with E-state index in [0.717, 1.165) is 11.1 Å². The number of benzene rings is 3. The van der Waals surface area contributed by atoms with Crippen LogP contribution in [0.5, 0.6) is 0 Å². The Bertz CT molecular complexity index is 1310. The molecule has 7 heteroatoms. The molecule has 0 fully saturated rings. The number of nitro benzene ring substituents is 1. The number of amides is 1. The minimum Gasteiger partial charge on any atom is -0.503 e. The molecule has 0 spiro atoms. The van der Waals surface area contributed by atoms with Gasteiger partial charge in [-0.1, -0.05) is 60.7 Å². The van der Waals surface area contributed by atoms with Crippen LogP contribution in [0.4, 0.5) is 11.4 Å². The molecule has 1 N–H and O–H groups in total. The monoisotopic (exact) mass is 440 g/mol. The molecule has 1 amide bonds. The van der Waals surface area contributed by atoms with Gasteiger partial charge in [-0.05, 0) is 41.8 Å². The molecule has 164 valence electrons. The Kier molecular flexibility index (Phi) is 5.87. The summed E-state index contributed by atoms with van der Waals surface area (Å²) in [5.41, 5.74) is 2.16. The quantitative estimate of drug-likeness (QED) is 0.327. The van der Waals surface area contributed by atoms with Gasteiger partial charge in [0.15, 0.2) is 11.5 Å². The number of nitro groups is 1. The molecule has 33 heavy (non-hydrogen) atoms. The van der Waals surface area contributed by atoms with Crippen molar-refractivity contribution in [3.63, 3.8) is 0 Å². The molecule has 1 unspecified atom stereocenters. The van der Waals surface area contributed by atoms with Crippen molar-refractivity contribution in [3.05, 3.63) is 123 Å². The number of hydrogen-bond acceptors (Lipinski definition) is 5. The number of aliphatic hydroxyl groups is 1. The van der Waals surface area contributed by atoms with Crippen LogP contribution in [0.2, 0.25) is 0 Å². The van der Waals surface area contributed by atoms with Gasteiger partial charge in [-0.3, -0.25) is 24.6 Å². The third-order valence-corrected chi connectivity index (χ3v) is 5.38. The van der Waals surface area contributed by atoms with E-state index in [1.54, 1.807) is 30.3 Å². The number of rotatable bonds is 6. The third kappa shape index (κ3) is 4.29. The summed E-state index contributed by atoms with van der Waals surface area (Å²) in [6.07, 6.45) is 2.88. The largest absolute Gasteiger partial charge is 0.503 e. The molecule has 7 nitrogen and oxygen atoms in total. The Hall–Kier alpha value is -4.52. The molecule has 3 aromatic rings. The Morgan fingerprint density at radius 3 is 2.45 bits per heavy atom. The molecule has 0 aromatic heterocycles. The number of hydrogen-bond donors (Lipinski definition) is 1. The molecule has 1 aliphatic heterocycles. The fourth-order valence-corrected chi connectivity index (χ4v) is 3.85. The van der Waals surface area contributed by atoms with Crippen LogP contribution in [0.3, 0.4) is 0 Å². The minimum atomic E-state index is -1.02. The van der Waals surface area contributed by atoms with Gasteiger partial charge in [0.25, 0.3) is 11.6 Å². The lowest BCUT2D eigenvalue weighted by molar-refractivity contribution is -0.384. The summed E-state index contributed by atoms with van der Waals surface area (Å²) in [6, 6.07) is 20.9. The van der Waals surface area contributed by atoms with Gasteiger partial charge in [-0.15, -0.1) is 0 Å². The van der Waals surface area contributed by atoms with Gasteiger partial charge in [0.2, 0.25) is 0 Å². The van der Waals surface area contributed by atoms with Crippen molar-refractivity contribution in [2.75, 3.05) is 4.90 Å². The van der Waals surface area contributed by atoms with E-state index in [4.69, 9.17) is 0 Å². The zero-order valence-electron chi connectivity index (χ0n) is 17.7. The number of carbonyl (C=O) groups is 2. The lowest BCUT2D eigenvalue weighted by atomic mass is 9.95. The normalized spacial score (nSPS) is 16.0. The van der Waals surface area contributed by atoms with Gasteiger partial charge in [0.1, 0.15) is 0 Å². The molecular formula is C26H20N2O5. The summed E-state index contributed by atoms with van der Waals surface area (Å²) in [5, 5.41) is 22.1. The van der Waals surface area contributed by atoms with Crippen LogP contribution in [0, 0.1) is 17.0 Å². The third-order valence-electron chi connectivity index (χ3n) is 5.38. The van der Waals surface area contributed by atoms with E-state index in [0.29, 0.717) is 11.3 Å². The fourth-order valence-electron chi connectivity index (χ4n) is 3.85. The first-order valence-corrected chi connectivity index (χ1v) is 10.2. The highest BCUT2D eigenvalue weighted by Crippen LogP contribution is 2.42. The van der Waals surface area contributed by atoms with Crippen LogP contribution in [-0.4, -0.2) is 21.7 Å². The number of ketones is 1. The summed E-state index contributed by atoms with van der Waals surface area (Å²) >= 11 is 0. The Morgan fingerprint density at radius 1 is 1.03 bits per heavy atom. The van der Waals surface area contributed by atoms with Crippen LogP contribution in [-0.2, 0) is 9.59 Å². The molecule has 1 atom stereocenters. The summed E-state index contributed by atoms with van der Waals surface area (Å²) in [5.74, 6) is -1.97. The van der Waals surface area contributed by atoms with E-state index in [1.165, 1.54) is 29.2 Å². The van der Waals surface area contributed by atoms with Gasteiger partial charge in [0.05, 0.1) is 16.5 Å². The number of anilines is 1. The molecule has 0 bridgehead atoms. The lowest BCUT2D eigenvalue weighted by Gasteiger charge is -2.27. The second-order valence-corrected chi connectivity index (χ2v) is 7.64. The van der Waals surface area contributed by atoms with Crippen LogP contribution < -0.4 is 4.90 Å². The van der Waals surface area contributed by atoms with Crippen LogP contribution in [0.25, 0.3) is 6.08 Å². The second-order valence-electron chi connectivity index (χ2n) is 7.64.